The molecule has 0 aliphatic carbocycles. The molecule has 0 saturated heterocycles. The van der Waals surface area contributed by atoms with Gasteiger partial charge in [0, 0.05) is 5.54 Å². The molecule has 2 aromatic heterocycles. The summed E-state index contributed by atoms with van der Waals surface area (Å²) < 4.78 is 5.35. The molecule has 98 valence electrons. The van der Waals surface area contributed by atoms with E-state index in [1.807, 2.05) is 32.0 Å². The first-order valence-electron chi connectivity index (χ1n) is 6.33. The number of imidazole rings is 1. The van der Waals surface area contributed by atoms with Crippen molar-refractivity contribution in [3.05, 3.63) is 42.2 Å². The van der Waals surface area contributed by atoms with E-state index in [-0.39, 0.29) is 5.54 Å². The van der Waals surface area contributed by atoms with Gasteiger partial charge in [-0.1, -0.05) is 6.07 Å². The van der Waals surface area contributed by atoms with E-state index in [1.54, 1.807) is 6.26 Å². The maximum absolute atomic E-state index is 6.05. The zero-order valence-corrected chi connectivity index (χ0v) is 11.1. The minimum absolute atomic E-state index is 0.211. The van der Waals surface area contributed by atoms with Crippen molar-refractivity contribution in [2.45, 2.75) is 25.8 Å². The van der Waals surface area contributed by atoms with E-state index in [4.69, 9.17) is 10.2 Å². The predicted molar refractivity (Wildman–Crippen MR) is 75.8 cm³/mol. The number of rotatable bonds is 3. The average molecular weight is 255 g/mol. The van der Waals surface area contributed by atoms with Gasteiger partial charge in [0.25, 0.3) is 0 Å². The first kappa shape index (κ1) is 12.0. The number of H-pyrrole nitrogens is 1. The van der Waals surface area contributed by atoms with Crippen LogP contribution < -0.4 is 5.73 Å². The predicted octanol–water partition coefficient (Wildman–Crippen LogP) is 3.10. The summed E-state index contributed by atoms with van der Waals surface area (Å²) in [4.78, 5) is 7.79. The second-order valence-electron chi connectivity index (χ2n) is 5.58. The van der Waals surface area contributed by atoms with Crippen molar-refractivity contribution in [3.63, 3.8) is 0 Å². The number of aromatic nitrogens is 2. The van der Waals surface area contributed by atoms with Crippen LogP contribution in [0.15, 0.2) is 41.0 Å². The van der Waals surface area contributed by atoms with Gasteiger partial charge in [-0.15, -0.1) is 0 Å². The molecule has 3 N–H and O–H groups in total. The van der Waals surface area contributed by atoms with Gasteiger partial charge in [0.1, 0.15) is 0 Å². The number of nitrogens with two attached hydrogens (primary N) is 1. The number of aromatic amines is 1. The van der Waals surface area contributed by atoms with Crippen molar-refractivity contribution in [1.29, 1.82) is 0 Å². The number of furan rings is 1. The lowest BCUT2D eigenvalue weighted by Gasteiger charge is -2.18. The van der Waals surface area contributed by atoms with Gasteiger partial charge >= 0.3 is 0 Å². The number of nitrogens with one attached hydrogen (secondary N) is 1. The van der Waals surface area contributed by atoms with Crippen molar-refractivity contribution >= 4 is 11.0 Å². The van der Waals surface area contributed by atoms with E-state index in [1.165, 1.54) is 5.56 Å². The molecule has 3 rings (SSSR count). The Morgan fingerprint density at radius 1 is 1.32 bits per heavy atom. The van der Waals surface area contributed by atoms with Gasteiger partial charge in [0.2, 0.25) is 0 Å². The summed E-state index contributed by atoms with van der Waals surface area (Å²) in [6, 6.07) is 9.93. The van der Waals surface area contributed by atoms with Crippen LogP contribution in [0.2, 0.25) is 0 Å². The summed E-state index contributed by atoms with van der Waals surface area (Å²) in [6.07, 6.45) is 2.48. The molecule has 0 saturated carbocycles. The molecule has 2 heterocycles. The standard InChI is InChI=1S/C15H17N3O/c1-15(2,16)9-10-5-6-11-12(8-10)18-14(17-11)13-4-3-7-19-13/h3-8H,9,16H2,1-2H3,(H,17,18). The lowest BCUT2D eigenvalue weighted by Crippen LogP contribution is -2.34. The van der Waals surface area contributed by atoms with Crippen LogP contribution in [0, 0.1) is 0 Å². The Hall–Kier alpha value is -2.07. The average Bonchev–Trinajstić information content (AvgIpc) is 2.94. The highest BCUT2D eigenvalue weighted by atomic mass is 16.3. The molecule has 19 heavy (non-hydrogen) atoms. The zero-order chi connectivity index (χ0) is 13.5. The van der Waals surface area contributed by atoms with Crippen LogP contribution in [0.5, 0.6) is 0 Å². The number of fused-ring (bicyclic) bond motifs is 1. The molecule has 4 nitrogen and oxygen atoms in total. The molecule has 0 aliphatic rings. The molecule has 4 heteroatoms. The molecular formula is C15H17N3O. The summed E-state index contributed by atoms with van der Waals surface area (Å²) in [7, 11) is 0. The van der Waals surface area contributed by atoms with E-state index in [0.29, 0.717) is 0 Å². The van der Waals surface area contributed by atoms with Crippen LogP contribution in [0.3, 0.4) is 0 Å². The Kier molecular flexibility index (Phi) is 2.68. The highest BCUT2D eigenvalue weighted by molar-refractivity contribution is 5.79. The second kappa shape index (κ2) is 4.24. The summed E-state index contributed by atoms with van der Waals surface area (Å²) in [6.45, 7) is 4.05. The fourth-order valence-corrected chi connectivity index (χ4v) is 2.22. The molecule has 0 unspecified atom stereocenters. The van der Waals surface area contributed by atoms with Crippen LogP contribution in [-0.4, -0.2) is 15.5 Å². The summed E-state index contributed by atoms with van der Waals surface area (Å²) >= 11 is 0. The Morgan fingerprint density at radius 2 is 2.16 bits per heavy atom. The van der Waals surface area contributed by atoms with E-state index in [0.717, 1.165) is 29.0 Å². The van der Waals surface area contributed by atoms with Crippen LogP contribution in [0.1, 0.15) is 19.4 Å². The molecular weight excluding hydrogens is 238 g/mol. The molecule has 0 radical (unpaired) electrons. The monoisotopic (exact) mass is 255 g/mol. The van der Waals surface area contributed by atoms with Crippen LogP contribution in [0.25, 0.3) is 22.6 Å². The third-order valence-corrected chi connectivity index (χ3v) is 2.96. The Labute approximate surface area is 111 Å². The van der Waals surface area contributed by atoms with Gasteiger partial charge in [0.15, 0.2) is 11.6 Å². The maximum atomic E-state index is 6.05. The quantitative estimate of drug-likeness (QED) is 0.755. The van der Waals surface area contributed by atoms with E-state index >= 15 is 0 Å². The zero-order valence-electron chi connectivity index (χ0n) is 11.1. The summed E-state index contributed by atoms with van der Waals surface area (Å²) in [5, 5.41) is 0. The Bertz CT molecular complexity index is 690. The number of hydrogen-bond donors (Lipinski definition) is 2. The molecule has 1 aromatic carbocycles. The molecule has 0 spiro atoms. The first-order valence-corrected chi connectivity index (χ1v) is 6.33. The minimum atomic E-state index is -0.211. The SMILES string of the molecule is CC(C)(N)Cc1ccc2nc(-c3ccco3)[nH]c2c1. The van der Waals surface area contributed by atoms with Gasteiger partial charge in [-0.05, 0) is 50.1 Å². The van der Waals surface area contributed by atoms with Gasteiger partial charge in [0.05, 0.1) is 17.3 Å². The maximum Gasteiger partial charge on any atom is 0.174 e. The summed E-state index contributed by atoms with van der Waals surface area (Å²) in [5.41, 5.74) is 8.99. The largest absolute Gasteiger partial charge is 0.461 e. The molecule has 0 fully saturated rings. The van der Waals surface area contributed by atoms with Crippen molar-refractivity contribution in [2.75, 3.05) is 0 Å². The topological polar surface area (TPSA) is 67.8 Å². The highest BCUT2D eigenvalue weighted by Gasteiger charge is 2.13. The van der Waals surface area contributed by atoms with Crippen LogP contribution in [0.4, 0.5) is 0 Å². The molecule has 0 bridgehead atoms. The van der Waals surface area contributed by atoms with Crippen molar-refractivity contribution < 1.29 is 4.42 Å². The number of nitrogens with zero attached hydrogens (tertiary/aromatic N) is 1. The van der Waals surface area contributed by atoms with Crippen LogP contribution in [-0.2, 0) is 6.42 Å². The lowest BCUT2D eigenvalue weighted by molar-refractivity contribution is 0.517. The van der Waals surface area contributed by atoms with Gasteiger partial charge in [-0.2, -0.15) is 0 Å². The first-order chi connectivity index (χ1) is 9.01. The Balaban J connectivity index is 2.00. The van der Waals surface area contributed by atoms with Gasteiger partial charge in [-0.25, -0.2) is 4.98 Å². The van der Waals surface area contributed by atoms with Gasteiger partial charge < -0.3 is 15.1 Å². The van der Waals surface area contributed by atoms with E-state index in [9.17, 15) is 0 Å². The third-order valence-electron chi connectivity index (χ3n) is 2.96. The van der Waals surface area contributed by atoms with Crippen molar-refractivity contribution in [3.8, 4) is 11.6 Å². The normalized spacial score (nSPS) is 12.2. The smallest absolute Gasteiger partial charge is 0.174 e. The number of hydrogen-bond acceptors (Lipinski definition) is 3. The van der Waals surface area contributed by atoms with Crippen LogP contribution >= 0.6 is 0 Å². The lowest BCUT2D eigenvalue weighted by atomic mass is 9.96. The van der Waals surface area contributed by atoms with E-state index < -0.39 is 0 Å². The molecule has 0 aliphatic heterocycles. The van der Waals surface area contributed by atoms with Crippen molar-refractivity contribution in [1.82, 2.24) is 9.97 Å². The second-order valence-corrected chi connectivity index (χ2v) is 5.58. The fraction of sp³-hybridized carbons (Fsp3) is 0.267. The molecule has 0 atom stereocenters. The third kappa shape index (κ3) is 2.53. The minimum Gasteiger partial charge on any atom is -0.461 e. The van der Waals surface area contributed by atoms with Crippen molar-refractivity contribution in [2.24, 2.45) is 5.73 Å². The fourth-order valence-electron chi connectivity index (χ4n) is 2.22. The number of benzene rings is 1. The molecule has 0 amide bonds. The summed E-state index contributed by atoms with van der Waals surface area (Å²) in [5.74, 6) is 1.50. The molecule has 3 aromatic rings. The highest BCUT2D eigenvalue weighted by Crippen LogP contribution is 2.22. The Morgan fingerprint density at radius 3 is 2.84 bits per heavy atom. The van der Waals surface area contributed by atoms with E-state index in [2.05, 4.69) is 22.1 Å². The van der Waals surface area contributed by atoms with Gasteiger partial charge in [-0.3, -0.25) is 0 Å².